The molecule has 2 aromatic rings. The van der Waals surface area contributed by atoms with Crippen LogP contribution in [-0.2, 0) is 9.59 Å². The number of allylic oxidation sites excluding steroid dienone is 3. The molecule has 0 bridgehead atoms. The Morgan fingerprint density at radius 2 is 1.68 bits per heavy atom. The molecule has 0 aromatic heterocycles. The van der Waals surface area contributed by atoms with Crippen LogP contribution in [0, 0.1) is 0 Å². The highest BCUT2D eigenvalue weighted by molar-refractivity contribution is 6.10. The number of nitrogens with one attached hydrogen (secondary N) is 2. The Morgan fingerprint density at radius 1 is 1.00 bits per heavy atom. The zero-order valence-corrected chi connectivity index (χ0v) is 18.0. The van der Waals surface area contributed by atoms with E-state index in [0.29, 0.717) is 34.8 Å². The molecular weight excluding hydrogens is 392 g/mol. The molecule has 31 heavy (non-hydrogen) atoms. The second kappa shape index (κ2) is 8.68. The Labute approximate surface area is 181 Å². The number of para-hydroxylation sites is 3. The second-order valence-electron chi connectivity index (χ2n) is 7.66. The average molecular weight is 418 g/mol. The minimum atomic E-state index is -0.505. The van der Waals surface area contributed by atoms with Gasteiger partial charge in [0.15, 0.2) is 5.78 Å². The summed E-state index contributed by atoms with van der Waals surface area (Å²) in [5.74, 6) is 0.500. The summed E-state index contributed by atoms with van der Waals surface area (Å²) in [6.07, 6.45) is 2.07. The summed E-state index contributed by atoms with van der Waals surface area (Å²) in [6, 6.07) is 14.8. The fraction of sp³-hybridized carbons (Fsp3) is 0.280. The van der Waals surface area contributed by atoms with Crippen LogP contribution < -0.4 is 20.1 Å². The van der Waals surface area contributed by atoms with Gasteiger partial charge >= 0.3 is 0 Å². The van der Waals surface area contributed by atoms with Crippen molar-refractivity contribution in [2.24, 2.45) is 0 Å². The molecule has 1 atom stereocenters. The topological polar surface area (TPSA) is 76.7 Å². The molecule has 1 aliphatic carbocycles. The van der Waals surface area contributed by atoms with Crippen LogP contribution in [-0.4, -0.2) is 25.9 Å². The molecule has 4 rings (SSSR count). The van der Waals surface area contributed by atoms with Gasteiger partial charge < -0.3 is 20.1 Å². The van der Waals surface area contributed by atoms with E-state index in [2.05, 4.69) is 10.6 Å². The number of ether oxygens (including phenoxy) is 2. The van der Waals surface area contributed by atoms with E-state index in [0.717, 1.165) is 29.8 Å². The van der Waals surface area contributed by atoms with E-state index in [1.807, 2.05) is 43.3 Å². The van der Waals surface area contributed by atoms with Gasteiger partial charge in [-0.15, -0.1) is 0 Å². The predicted molar refractivity (Wildman–Crippen MR) is 119 cm³/mol. The van der Waals surface area contributed by atoms with Crippen molar-refractivity contribution >= 4 is 17.4 Å². The molecule has 160 valence electrons. The standard InChI is InChI=1S/C25H26N2O4/c1-15-22(25(29)27-17-10-5-7-14-21(17)31-3)23(16-9-4-6-13-20(16)30-2)24-18(26-15)11-8-12-19(24)28/h4-7,9-10,13-14,23,26H,8,11-12H2,1-3H3,(H,27,29)/t23-/m0/s1. The lowest BCUT2D eigenvalue weighted by atomic mass is 9.74. The van der Waals surface area contributed by atoms with Gasteiger partial charge in [-0.25, -0.2) is 0 Å². The van der Waals surface area contributed by atoms with Crippen LogP contribution in [0.1, 0.15) is 37.7 Å². The van der Waals surface area contributed by atoms with E-state index in [9.17, 15) is 9.59 Å². The first-order valence-corrected chi connectivity index (χ1v) is 10.4. The smallest absolute Gasteiger partial charge is 0.254 e. The normalized spacial score (nSPS) is 18.3. The zero-order chi connectivity index (χ0) is 22.0. The van der Waals surface area contributed by atoms with Crippen molar-refractivity contribution in [2.75, 3.05) is 19.5 Å². The molecule has 0 radical (unpaired) electrons. The maximum atomic E-state index is 13.6. The van der Waals surface area contributed by atoms with Crippen LogP contribution in [0.5, 0.6) is 11.5 Å². The number of carbonyl (C=O) groups excluding carboxylic acids is 2. The molecule has 0 unspecified atom stereocenters. The number of rotatable bonds is 5. The number of amides is 1. The highest BCUT2D eigenvalue weighted by Gasteiger charge is 2.39. The van der Waals surface area contributed by atoms with Crippen molar-refractivity contribution in [1.29, 1.82) is 0 Å². The maximum Gasteiger partial charge on any atom is 0.254 e. The van der Waals surface area contributed by atoms with Crippen molar-refractivity contribution in [2.45, 2.75) is 32.1 Å². The van der Waals surface area contributed by atoms with Crippen molar-refractivity contribution < 1.29 is 19.1 Å². The van der Waals surface area contributed by atoms with Crippen LogP contribution in [0.15, 0.2) is 71.1 Å². The van der Waals surface area contributed by atoms with E-state index >= 15 is 0 Å². The van der Waals surface area contributed by atoms with Crippen molar-refractivity contribution in [3.63, 3.8) is 0 Å². The van der Waals surface area contributed by atoms with Gasteiger partial charge in [0.05, 0.1) is 25.8 Å². The quantitative estimate of drug-likeness (QED) is 0.757. The van der Waals surface area contributed by atoms with Crippen molar-refractivity contribution in [3.8, 4) is 11.5 Å². The third-order valence-electron chi connectivity index (χ3n) is 5.83. The zero-order valence-electron chi connectivity index (χ0n) is 18.0. The summed E-state index contributed by atoms with van der Waals surface area (Å²) >= 11 is 0. The minimum Gasteiger partial charge on any atom is -0.496 e. The molecule has 0 spiro atoms. The third kappa shape index (κ3) is 3.81. The summed E-state index contributed by atoms with van der Waals surface area (Å²) in [5.41, 5.74) is 4.17. The first-order valence-electron chi connectivity index (χ1n) is 10.4. The Balaban J connectivity index is 1.83. The van der Waals surface area contributed by atoms with E-state index in [-0.39, 0.29) is 11.7 Å². The van der Waals surface area contributed by atoms with E-state index in [4.69, 9.17) is 9.47 Å². The Morgan fingerprint density at radius 3 is 2.42 bits per heavy atom. The number of hydrogen-bond acceptors (Lipinski definition) is 5. The fourth-order valence-corrected chi connectivity index (χ4v) is 4.44. The predicted octanol–water partition coefficient (Wildman–Crippen LogP) is 4.31. The van der Waals surface area contributed by atoms with Gasteiger partial charge in [-0.1, -0.05) is 30.3 Å². The molecule has 2 N–H and O–H groups in total. The largest absolute Gasteiger partial charge is 0.496 e. The SMILES string of the molecule is COc1ccccc1NC(=O)C1=C(C)NC2=C(C(=O)CCC2)[C@H]1c1ccccc1OC. The third-order valence-corrected chi connectivity index (χ3v) is 5.83. The molecule has 6 heteroatoms. The number of ketones is 1. The molecule has 0 saturated heterocycles. The lowest BCUT2D eigenvalue weighted by molar-refractivity contribution is -0.116. The van der Waals surface area contributed by atoms with Gasteiger partial charge in [-0.3, -0.25) is 9.59 Å². The number of benzene rings is 2. The molecular formula is C25H26N2O4. The monoisotopic (exact) mass is 418 g/mol. The summed E-state index contributed by atoms with van der Waals surface area (Å²) in [6.45, 7) is 1.88. The van der Waals surface area contributed by atoms with Gasteiger partial charge in [0.1, 0.15) is 11.5 Å². The first-order chi connectivity index (χ1) is 15.0. The van der Waals surface area contributed by atoms with Gasteiger partial charge in [-0.2, -0.15) is 0 Å². The molecule has 0 fully saturated rings. The fourth-order valence-electron chi connectivity index (χ4n) is 4.44. The molecule has 0 saturated carbocycles. The number of dihydropyridines is 1. The molecule has 1 aliphatic heterocycles. The first kappa shape index (κ1) is 20.7. The lowest BCUT2D eigenvalue weighted by Crippen LogP contribution is -2.35. The molecule has 1 heterocycles. The summed E-state index contributed by atoms with van der Waals surface area (Å²) in [7, 11) is 3.16. The van der Waals surface area contributed by atoms with E-state index in [1.54, 1.807) is 26.4 Å². The highest BCUT2D eigenvalue weighted by Crippen LogP contribution is 2.45. The van der Waals surface area contributed by atoms with E-state index < -0.39 is 5.92 Å². The number of methoxy groups -OCH3 is 2. The Hall–Kier alpha value is -3.54. The van der Waals surface area contributed by atoms with E-state index in [1.165, 1.54) is 0 Å². The van der Waals surface area contributed by atoms with Gasteiger partial charge in [0.25, 0.3) is 5.91 Å². The lowest BCUT2D eigenvalue weighted by Gasteiger charge is -2.35. The van der Waals surface area contributed by atoms with Gasteiger partial charge in [0.2, 0.25) is 0 Å². The number of Topliss-reactive ketones (excluding diaryl/α,β-unsaturated/α-hetero) is 1. The maximum absolute atomic E-state index is 13.6. The molecule has 1 amide bonds. The van der Waals surface area contributed by atoms with Crippen LogP contribution >= 0.6 is 0 Å². The summed E-state index contributed by atoms with van der Waals surface area (Å²) in [5, 5.41) is 6.31. The van der Waals surface area contributed by atoms with Crippen LogP contribution in [0.3, 0.4) is 0 Å². The Kier molecular flexibility index (Phi) is 5.80. The number of hydrogen-bond donors (Lipinski definition) is 2. The van der Waals surface area contributed by atoms with Crippen LogP contribution in [0.2, 0.25) is 0 Å². The summed E-state index contributed by atoms with van der Waals surface area (Å²) in [4.78, 5) is 26.6. The van der Waals surface area contributed by atoms with Crippen molar-refractivity contribution in [1.82, 2.24) is 5.32 Å². The van der Waals surface area contributed by atoms with Crippen LogP contribution in [0.4, 0.5) is 5.69 Å². The molecule has 2 aliphatic rings. The highest BCUT2D eigenvalue weighted by atomic mass is 16.5. The number of anilines is 1. The van der Waals surface area contributed by atoms with Crippen LogP contribution in [0.25, 0.3) is 0 Å². The molecule has 2 aromatic carbocycles. The number of carbonyl (C=O) groups is 2. The average Bonchev–Trinajstić information content (AvgIpc) is 2.78. The Bertz CT molecular complexity index is 1100. The van der Waals surface area contributed by atoms with Gasteiger partial charge in [-0.05, 0) is 38.0 Å². The molecule has 6 nitrogen and oxygen atoms in total. The second-order valence-corrected chi connectivity index (χ2v) is 7.66. The van der Waals surface area contributed by atoms with Gasteiger partial charge in [0, 0.05) is 34.5 Å². The summed E-state index contributed by atoms with van der Waals surface area (Å²) < 4.78 is 11.0. The minimum absolute atomic E-state index is 0.0692. The van der Waals surface area contributed by atoms with Crippen molar-refractivity contribution in [3.05, 3.63) is 76.6 Å².